The fourth-order valence-electron chi connectivity index (χ4n) is 1.44. The predicted molar refractivity (Wildman–Crippen MR) is 70.1 cm³/mol. The zero-order valence-corrected chi connectivity index (χ0v) is 11.1. The van der Waals surface area contributed by atoms with E-state index in [1.807, 2.05) is 6.08 Å². The molecule has 1 aliphatic rings. The molecule has 1 fully saturated rings. The molecule has 1 saturated heterocycles. The monoisotopic (exact) mass is 257 g/mol. The summed E-state index contributed by atoms with van der Waals surface area (Å²) in [5, 5.41) is 0.540. The van der Waals surface area contributed by atoms with Crippen molar-refractivity contribution in [1.82, 2.24) is 10.3 Å². The zero-order valence-electron chi connectivity index (χ0n) is 10.4. The Balaban J connectivity index is 2.74. The van der Waals surface area contributed by atoms with Crippen molar-refractivity contribution in [3.63, 3.8) is 0 Å². The van der Waals surface area contributed by atoms with E-state index in [1.165, 1.54) is 0 Å². The Morgan fingerprint density at radius 2 is 2.12 bits per heavy atom. The molecule has 0 radical (unpaired) electrons. The predicted octanol–water partition coefficient (Wildman–Crippen LogP) is 1.56. The van der Waals surface area contributed by atoms with Crippen molar-refractivity contribution in [2.45, 2.75) is 13.8 Å². The molecule has 0 unspecified atom stereocenters. The molecule has 0 aromatic rings. The summed E-state index contributed by atoms with van der Waals surface area (Å²) in [4.78, 5) is 2.10. The van der Waals surface area contributed by atoms with Crippen LogP contribution in [0.5, 0.6) is 0 Å². The summed E-state index contributed by atoms with van der Waals surface area (Å²) in [6.45, 7) is 7.20. The van der Waals surface area contributed by atoms with E-state index in [-0.39, 0.29) is 0 Å². The van der Waals surface area contributed by atoms with Gasteiger partial charge in [-0.15, -0.1) is 5.73 Å². The van der Waals surface area contributed by atoms with Gasteiger partial charge in [-0.1, -0.05) is 25.4 Å². The van der Waals surface area contributed by atoms with Gasteiger partial charge < -0.3 is 15.1 Å². The molecule has 0 saturated carbocycles. The molecule has 0 amide bonds. The van der Waals surface area contributed by atoms with E-state index in [0.717, 1.165) is 18.9 Å². The highest BCUT2D eigenvalue weighted by atomic mass is 35.5. The Bertz CT molecular complexity index is 327. The van der Waals surface area contributed by atoms with Crippen LogP contribution in [0.15, 0.2) is 28.7 Å². The van der Waals surface area contributed by atoms with Gasteiger partial charge in [0, 0.05) is 19.2 Å². The maximum absolute atomic E-state index is 6.06. The Morgan fingerprint density at radius 1 is 1.47 bits per heavy atom. The quantitative estimate of drug-likeness (QED) is 0.347. The normalized spacial score (nSPS) is 16.8. The first-order valence-electron chi connectivity index (χ1n) is 5.77. The molecule has 5 heteroatoms. The third kappa shape index (κ3) is 5.29. The van der Waals surface area contributed by atoms with E-state index < -0.39 is 0 Å². The van der Waals surface area contributed by atoms with Crippen molar-refractivity contribution >= 4 is 11.6 Å². The van der Waals surface area contributed by atoms with Gasteiger partial charge >= 0.3 is 0 Å². The number of morpholine rings is 1. The van der Waals surface area contributed by atoms with E-state index in [2.05, 4.69) is 29.9 Å². The van der Waals surface area contributed by atoms with Gasteiger partial charge in [-0.25, -0.2) is 5.84 Å². The Morgan fingerprint density at radius 3 is 2.65 bits per heavy atom. The standard InChI is InChI=1S/C12H20ClN3O/c1-10(2)3-4-11(13)9-12(15-14)16-5-7-17-8-6-16/h3,9-10,15H,5-8,14H2,1-2H3/b12-9+. The molecule has 17 heavy (non-hydrogen) atoms. The van der Waals surface area contributed by atoms with Crippen LogP contribution in [0.4, 0.5) is 0 Å². The number of hydrogen-bond donors (Lipinski definition) is 2. The van der Waals surface area contributed by atoms with E-state index in [1.54, 1.807) is 6.08 Å². The minimum atomic E-state index is 0.426. The number of allylic oxidation sites excluding steroid dienone is 2. The van der Waals surface area contributed by atoms with Gasteiger partial charge in [0.2, 0.25) is 0 Å². The number of ether oxygens (including phenoxy) is 1. The highest BCUT2D eigenvalue weighted by molar-refractivity contribution is 6.31. The minimum absolute atomic E-state index is 0.426. The third-order valence-corrected chi connectivity index (χ3v) is 2.54. The van der Waals surface area contributed by atoms with Crippen molar-refractivity contribution in [3.05, 3.63) is 28.7 Å². The number of hydrogen-bond acceptors (Lipinski definition) is 4. The fraction of sp³-hybridized carbons (Fsp3) is 0.583. The average Bonchev–Trinajstić information content (AvgIpc) is 2.34. The van der Waals surface area contributed by atoms with Gasteiger partial charge in [-0.3, -0.25) is 0 Å². The molecule has 96 valence electrons. The smallest absolute Gasteiger partial charge is 0.118 e. The van der Waals surface area contributed by atoms with Crippen molar-refractivity contribution in [2.24, 2.45) is 11.8 Å². The number of nitrogens with one attached hydrogen (secondary N) is 1. The van der Waals surface area contributed by atoms with Crippen molar-refractivity contribution in [1.29, 1.82) is 0 Å². The lowest BCUT2D eigenvalue weighted by Crippen LogP contribution is -2.42. The Hall–Kier alpha value is -0.930. The molecule has 1 aliphatic heterocycles. The van der Waals surface area contributed by atoms with Gasteiger partial charge in [-0.2, -0.15) is 0 Å². The minimum Gasteiger partial charge on any atom is -0.378 e. The summed E-state index contributed by atoms with van der Waals surface area (Å²) in [5.41, 5.74) is 5.68. The highest BCUT2D eigenvalue weighted by Gasteiger charge is 2.12. The first-order valence-corrected chi connectivity index (χ1v) is 6.14. The van der Waals surface area contributed by atoms with Crippen molar-refractivity contribution in [3.8, 4) is 0 Å². The van der Waals surface area contributed by atoms with E-state index in [0.29, 0.717) is 24.2 Å². The van der Waals surface area contributed by atoms with Crippen LogP contribution in [0.1, 0.15) is 13.8 Å². The summed E-state index contributed by atoms with van der Waals surface area (Å²) in [5.74, 6) is 6.72. The van der Waals surface area contributed by atoms with Crippen LogP contribution in [-0.4, -0.2) is 31.2 Å². The largest absolute Gasteiger partial charge is 0.378 e. The summed E-state index contributed by atoms with van der Waals surface area (Å²) < 4.78 is 5.28. The number of nitrogens with zero attached hydrogens (tertiary/aromatic N) is 1. The summed E-state index contributed by atoms with van der Waals surface area (Å²) in [6, 6.07) is 0. The first-order chi connectivity index (χ1) is 8.13. The molecule has 3 N–H and O–H groups in total. The number of halogens is 1. The molecule has 1 heterocycles. The van der Waals surface area contributed by atoms with Crippen molar-refractivity contribution in [2.75, 3.05) is 26.3 Å². The third-order valence-electron chi connectivity index (χ3n) is 2.32. The van der Waals surface area contributed by atoms with Crippen LogP contribution in [0.25, 0.3) is 0 Å². The van der Waals surface area contributed by atoms with E-state index in [9.17, 15) is 0 Å². The molecule has 4 nitrogen and oxygen atoms in total. The van der Waals surface area contributed by atoms with Gasteiger partial charge in [0.15, 0.2) is 0 Å². The second-order valence-electron chi connectivity index (χ2n) is 4.18. The van der Waals surface area contributed by atoms with Gasteiger partial charge in [0.05, 0.1) is 18.2 Å². The van der Waals surface area contributed by atoms with Gasteiger partial charge in [-0.05, 0) is 12.0 Å². The van der Waals surface area contributed by atoms with Gasteiger partial charge in [0.25, 0.3) is 0 Å². The van der Waals surface area contributed by atoms with Crippen LogP contribution in [0.2, 0.25) is 0 Å². The second kappa shape index (κ2) is 7.41. The molecule has 0 aromatic heterocycles. The molecular formula is C12H20ClN3O. The molecule has 0 atom stereocenters. The SMILES string of the molecule is CC(C)C=C=C(Cl)/C=C(\NN)N1CCOCC1. The fourth-order valence-corrected chi connectivity index (χ4v) is 1.60. The topological polar surface area (TPSA) is 50.5 Å². The lowest BCUT2D eigenvalue weighted by Gasteiger charge is -2.30. The van der Waals surface area contributed by atoms with Crippen LogP contribution in [0.3, 0.4) is 0 Å². The van der Waals surface area contributed by atoms with Crippen LogP contribution >= 0.6 is 11.6 Å². The molecule has 0 aliphatic carbocycles. The first kappa shape index (κ1) is 14.1. The van der Waals surface area contributed by atoms with E-state index >= 15 is 0 Å². The van der Waals surface area contributed by atoms with Crippen molar-refractivity contribution < 1.29 is 4.74 Å². The number of hydrazine groups is 1. The van der Waals surface area contributed by atoms with Crippen LogP contribution in [-0.2, 0) is 4.74 Å². The van der Waals surface area contributed by atoms with Crippen LogP contribution in [0, 0.1) is 5.92 Å². The number of nitrogens with two attached hydrogens (primary N) is 1. The second-order valence-corrected chi connectivity index (χ2v) is 4.58. The molecular weight excluding hydrogens is 238 g/mol. The maximum atomic E-state index is 6.06. The summed E-state index contributed by atoms with van der Waals surface area (Å²) >= 11 is 6.06. The van der Waals surface area contributed by atoms with Gasteiger partial charge in [0.1, 0.15) is 5.82 Å². The molecule has 0 spiro atoms. The Labute approximate surface area is 108 Å². The van der Waals surface area contributed by atoms with E-state index in [4.69, 9.17) is 22.2 Å². The Kier molecular flexibility index (Phi) is 6.16. The van der Waals surface area contributed by atoms with Crippen LogP contribution < -0.4 is 11.3 Å². The summed E-state index contributed by atoms with van der Waals surface area (Å²) in [7, 11) is 0. The average molecular weight is 258 g/mol. The number of rotatable bonds is 4. The zero-order chi connectivity index (χ0) is 12.7. The summed E-state index contributed by atoms with van der Waals surface area (Å²) in [6.07, 6.45) is 3.71. The molecule has 0 aromatic carbocycles. The lowest BCUT2D eigenvalue weighted by molar-refractivity contribution is 0.0504. The molecule has 1 rings (SSSR count). The lowest BCUT2D eigenvalue weighted by atomic mass is 10.2. The maximum Gasteiger partial charge on any atom is 0.118 e. The molecule has 0 bridgehead atoms. The highest BCUT2D eigenvalue weighted by Crippen LogP contribution is 2.10.